The minimum atomic E-state index is -1.05. The number of para-hydroxylation sites is 2. The minimum Gasteiger partial charge on any atom is -0.453 e. The van der Waals surface area contributed by atoms with Crippen molar-refractivity contribution in [2.75, 3.05) is 23.7 Å². The van der Waals surface area contributed by atoms with Gasteiger partial charge in [-0.15, -0.1) is 0 Å². The second kappa shape index (κ2) is 11.9. The molecule has 1 aliphatic carbocycles. The molecular weight excluding hydrogens is 687 g/mol. The third-order valence-electron chi connectivity index (χ3n) is 11.8. The van der Waals surface area contributed by atoms with Gasteiger partial charge in [-0.25, -0.2) is 10.0 Å². The summed E-state index contributed by atoms with van der Waals surface area (Å²) in [6.07, 6.45) is 7.04. The van der Waals surface area contributed by atoms with Crippen molar-refractivity contribution in [1.29, 1.82) is 0 Å². The van der Waals surface area contributed by atoms with E-state index in [1.165, 1.54) is 65.9 Å². The molecule has 2 aliphatic rings. The molecule has 0 unspecified atom stereocenters. The molecule has 0 radical (unpaired) electrons. The van der Waals surface area contributed by atoms with E-state index in [2.05, 4.69) is 206 Å². The van der Waals surface area contributed by atoms with Gasteiger partial charge in [0.25, 0.3) is 0 Å². The van der Waals surface area contributed by atoms with Crippen LogP contribution >= 0.6 is 10.0 Å². The van der Waals surface area contributed by atoms with Crippen LogP contribution in [0.3, 0.4) is 0 Å². The normalized spacial score (nSPS) is 14.1. The summed E-state index contributed by atoms with van der Waals surface area (Å²) >= 11 is 0. The third-order valence-corrected chi connectivity index (χ3v) is 13.5. The lowest BCUT2D eigenvalue weighted by Gasteiger charge is -2.45. The summed E-state index contributed by atoms with van der Waals surface area (Å²) in [4.78, 5) is 3.78. The van der Waals surface area contributed by atoms with Gasteiger partial charge in [0, 0.05) is 15.7 Å². The second-order valence-corrected chi connectivity index (χ2v) is 19.7. The molecule has 0 N–H and O–H groups in total. The highest BCUT2D eigenvalue weighted by Crippen LogP contribution is 2.64. The van der Waals surface area contributed by atoms with Gasteiger partial charge in [0.2, 0.25) is 0 Å². The second-order valence-electron chi connectivity index (χ2n) is 15.6. The lowest BCUT2D eigenvalue weighted by Crippen LogP contribution is -2.36. The summed E-state index contributed by atoms with van der Waals surface area (Å²) in [5, 5.41) is 2.31. The van der Waals surface area contributed by atoms with Crippen LogP contribution in [0, 0.1) is 0 Å². The van der Waals surface area contributed by atoms with E-state index in [0.29, 0.717) is 0 Å². The van der Waals surface area contributed by atoms with E-state index in [-0.39, 0.29) is 0 Å². The molecule has 0 fully saturated rings. The molecule has 1 spiro atoms. The molecular formula is C52H39NOS. The Morgan fingerprint density at radius 3 is 1.44 bits per heavy atom. The van der Waals surface area contributed by atoms with Crippen LogP contribution in [-0.4, -0.2) is 18.8 Å². The predicted octanol–water partition coefficient (Wildman–Crippen LogP) is 14.1. The van der Waals surface area contributed by atoms with Gasteiger partial charge >= 0.3 is 0 Å². The van der Waals surface area contributed by atoms with Crippen LogP contribution in [0.25, 0.3) is 55.3 Å². The number of rotatable bonds is 4. The summed E-state index contributed by atoms with van der Waals surface area (Å²) < 4.78 is 7.12. The van der Waals surface area contributed by atoms with Crippen LogP contribution in [0.2, 0.25) is 0 Å². The maximum atomic E-state index is 7.12. The van der Waals surface area contributed by atoms with Gasteiger partial charge in [-0.05, 0) is 111 Å². The zero-order valence-corrected chi connectivity index (χ0v) is 31.9. The van der Waals surface area contributed by atoms with Gasteiger partial charge in [-0.1, -0.05) is 146 Å². The van der Waals surface area contributed by atoms with Crippen molar-refractivity contribution in [2.24, 2.45) is 0 Å². The zero-order chi connectivity index (χ0) is 36.9. The summed E-state index contributed by atoms with van der Waals surface area (Å²) in [5.74, 6) is 0. The highest BCUT2D eigenvalue weighted by molar-refractivity contribution is 8.32. The highest BCUT2D eigenvalue weighted by atomic mass is 32.3. The summed E-state index contributed by atoms with van der Waals surface area (Å²) in [7, 11) is -1.05. The van der Waals surface area contributed by atoms with Gasteiger partial charge in [-0.2, -0.15) is 0 Å². The van der Waals surface area contributed by atoms with Crippen molar-refractivity contribution in [2.45, 2.75) is 10.3 Å². The van der Waals surface area contributed by atoms with E-state index < -0.39 is 15.4 Å². The molecule has 0 bridgehead atoms. The van der Waals surface area contributed by atoms with Crippen molar-refractivity contribution in [3.63, 3.8) is 0 Å². The largest absolute Gasteiger partial charge is 0.453 e. The first-order valence-electron chi connectivity index (χ1n) is 18.9. The van der Waals surface area contributed by atoms with Crippen LogP contribution in [0.5, 0.6) is 0 Å². The number of anilines is 3. The van der Waals surface area contributed by atoms with E-state index in [0.717, 1.165) is 33.6 Å². The average Bonchev–Trinajstić information content (AvgIpc) is 3.76. The van der Waals surface area contributed by atoms with Gasteiger partial charge in [0.05, 0.1) is 22.5 Å². The van der Waals surface area contributed by atoms with Gasteiger partial charge in [0.1, 0.15) is 5.58 Å². The van der Waals surface area contributed by atoms with E-state index in [1.807, 2.05) is 0 Å². The number of fused-ring (bicyclic) bond motifs is 12. The Bertz CT molecular complexity index is 2830. The smallest absolute Gasteiger partial charge is 0.159 e. The Morgan fingerprint density at radius 1 is 0.400 bits per heavy atom. The van der Waals surface area contributed by atoms with Crippen molar-refractivity contribution in [3.8, 4) is 33.4 Å². The van der Waals surface area contributed by atoms with Gasteiger partial charge < -0.3 is 9.32 Å². The van der Waals surface area contributed by atoms with Crippen molar-refractivity contribution < 1.29 is 4.42 Å². The molecule has 2 heterocycles. The molecule has 55 heavy (non-hydrogen) atoms. The monoisotopic (exact) mass is 725 g/mol. The topological polar surface area (TPSA) is 16.4 Å². The standard InChI is InChI=1S/C52H39NOS/c1-55(2,3)49-27-15-23-41-40-22-14-26-48(50(40)54-51(41)49)53-46-30-28-36(34-16-6-4-7-17-34)32-44(46)52(42-24-12-10-20-38(42)39-21-11-13-25-43(39)52)45-33-37(29-31-47(45)53)35-18-8-5-9-19-35/h4-33H,1-3H3. The Kier molecular flexibility index (Phi) is 6.93. The molecule has 8 aromatic carbocycles. The van der Waals surface area contributed by atoms with Gasteiger partial charge in [-0.3, -0.25) is 0 Å². The predicted molar refractivity (Wildman–Crippen MR) is 234 cm³/mol. The number of benzene rings is 8. The molecule has 0 amide bonds. The first-order chi connectivity index (χ1) is 26.9. The molecule has 11 rings (SSSR count). The molecule has 2 nitrogen and oxygen atoms in total. The van der Waals surface area contributed by atoms with Crippen molar-refractivity contribution in [3.05, 3.63) is 204 Å². The summed E-state index contributed by atoms with van der Waals surface area (Å²) in [6.45, 7) is 0. The number of hydrogen-bond donors (Lipinski definition) is 0. The van der Waals surface area contributed by atoms with Crippen molar-refractivity contribution in [1.82, 2.24) is 0 Å². The maximum Gasteiger partial charge on any atom is 0.159 e. The molecule has 0 saturated heterocycles. The van der Waals surface area contributed by atoms with E-state index in [1.54, 1.807) is 0 Å². The van der Waals surface area contributed by atoms with Crippen LogP contribution in [-0.2, 0) is 5.41 Å². The molecule has 264 valence electrons. The average molecular weight is 726 g/mol. The van der Waals surface area contributed by atoms with E-state index >= 15 is 0 Å². The van der Waals surface area contributed by atoms with E-state index in [9.17, 15) is 0 Å². The molecule has 1 aliphatic heterocycles. The fourth-order valence-electron chi connectivity index (χ4n) is 9.47. The first kappa shape index (κ1) is 32.2. The quantitative estimate of drug-likeness (QED) is 0.180. The first-order valence-corrected chi connectivity index (χ1v) is 21.8. The summed E-state index contributed by atoms with van der Waals surface area (Å²) in [5.41, 5.74) is 17.2. The molecule has 9 aromatic rings. The third kappa shape index (κ3) is 4.57. The van der Waals surface area contributed by atoms with Crippen LogP contribution < -0.4 is 4.90 Å². The Hall–Kier alpha value is -6.29. The molecule has 1 aromatic heterocycles. The Balaban J connectivity index is 1.29. The minimum absolute atomic E-state index is 0.575. The van der Waals surface area contributed by atoms with Crippen LogP contribution in [0.4, 0.5) is 17.1 Å². The maximum absolute atomic E-state index is 7.12. The summed E-state index contributed by atoms with van der Waals surface area (Å²) in [6, 6.07) is 67.3. The lowest BCUT2D eigenvalue weighted by molar-refractivity contribution is 0.659. The van der Waals surface area contributed by atoms with Crippen molar-refractivity contribution >= 4 is 49.0 Å². The Labute approximate surface area is 323 Å². The molecule has 0 saturated carbocycles. The van der Waals surface area contributed by atoms with Crippen LogP contribution in [0.1, 0.15) is 22.3 Å². The zero-order valence-electron chi connectivity index (χ0n) is 31.1. The number of nitrogens with zero attached hydrogens (tertiary/aromatic N) is 1. The lowest BCUT2D eigenvalue weighted by atomic mass is 9.64. The number of hydrogen-bond acceptors (Lipinski definition) is 2. The highest BCUT2D eigenvalue weighted by Gasteiger charge is 2.52. The van der Waals surface area contributed by atoms with Gasteiger partial charge in [0.15, 0.2) is 5.58 Å². The SMILES string of the molecule is CS(C)(C)c1cccc2c1oc1c(N3c4ccc(-c5ccccc5)cc4C4(c5ccccc5-c5ccccc54)c4cc(-c5ccccc5)ccc43)cccc12. The Morgan fingerprint density at radius 2 is 0.891 bits per heavy atom. The van der Waals surface area contributed by atoms with Crippen LogP contribution in [0.15, 0.2) is 191 Å². The number of furan rings is 1. The van der Waals surface area contributed by atoms with E-state index in [4.69, 9.17) is 4.42 Å². The molecule has 0 atom stereocenters. The fraction of sp³-hybridized carbons (Fsp3) is 0.0769. The fourth-order valence-corrected chi connectivity index (χ4v) is 10.7. The molecule has 3 heteroatoms.